The predicted molar refractivity (Wildman–Crippen MR) is 62.4 cm³/mol. The molecule has 0 radical (unpaired) electrons. The molecule has 1 amide bonds. The molecule has 2 rings (SSSR count). The van der Waals surface area contributed by atoms with Crippen molar-refractivity contribution in [2.45, 2.75) is 57.7 Å². The van der Waals surface area contributed by atoms with Crippen LogP contribution in [0.3, 0.4) is 0 Å². The SMILES string of the molecule is CC(C)(C)OC(=O)N1CCCC[C@H]2NC[C@H]21. The molecule has 0 saturated carbocycles. The van der Waals surface area contributed by atoms with Gasteiger partial charge < -0.3 is 15.0 Å². The van der Waals surface area contributed by atoms with Crippen LogP contribution in [0.4, 0.5) is 4.79 Å². The van der Waals surface area contributed by atoms with E-state index in [-0.39, 0.29) is 6.09 Å². The highest BCUT2D eigenvalue weighted by Crippen LogP contribution is 2.24. The van der Waals surface area contributed by atoms with Crippen LogP contribution in [0.1, 0.15) is 40.0 Å². The lowest BCUT2D eigenvalue weighted by atomic mass is 9.96. The highest BCUT2D eigenvalue weighted by molar-refractivity contribution is 5.69. The Kier molecular flexibility index (Phi) is 3.10. The van der Waals surface area contributed by atoms with Gasteiger partial charge in [0.25, 0.3) is 0 Å². The molecule has 92 valence electrons. The summed E-state index contributed by atoms with van der Waals surface area (Å²) >= 11 is 0. The summed E-state index contributed by atoms with van der Waals surface area (Å²) in [6.45, 7) is 7.51. The fourth-order valence-corrected chi connectivity index (χ4v) is 2.37. The van der Waals surface area contributed by atoms with Crippen LogP contribution in [0, 0.1) is 0 Å². The summed E-state index contributed by atoms with van der Waals surface area (Å²) in [5.41, 5.74) is -0.393. The predicted octanol–water partition coefficient (Wildman–Crippen LogP) is 1.75. The third kappa shape index (κ3) is 2.48. The Bertz CT molecular complexity index is 273. The number of hydrogen-bond donors (Lipinski definition) is 1. The maximum atomic E-state index is 12.0. The van der Waals surface area contributed by atoms with E-state index in [0.29, 0.717) is 12.1 Å². The van der Waals surface area contributed by atoms with Crippen molar-refractivity contribution in [3.8, 4) is 0 Å². The molecular weight excluding hydrogens is 204 g/mol. The van der Waals surface area contributed by atoms with Crippen LogP contribution < -0.4 is 5.32 Å². The lowest BCUT2D eigenvalue weighted by Gasteiger charge is -2.43. The molecular formula is C12H22N2O2. The normalized spacial score (nSPS) is 30.1. The molecule has 1 N–H and O–H groups in total. The third-order valence-corrected chi connectivity index (χ3v) is 3.25. The van der Waals surface area contributed by atoms with Gasteiger partial charge in [-0.1, -0.05) is 6.42 Å². The van der Waals surface area contributed by atoms with Crippen molar-refractivity contribution in [3.05, 3.63) is 0 Å². The summed E-state index contributed by atoms with van der Waals surface area (Å²) < 4.78 is 5.44. The van der Waals surface area contributed by atoms with Crippen LogP contribution in [0.15, 0.2) is 0 Å². The zero-order valence-corrected chi connectivity index (χ0v) is 10.5. The van der Waals surface area contributed by atoms with E-state index in [0.717, 1.165) is 19.5 Å². The number of likely N-dealkylation sites (tertiary alicyclic amines) is 1. The highest BCUT2D eigenvalue weighted by Gasteiger charge is 2.40. The van der Waals surface area contributed by atoms with E-state index in [2.05, 4.69) is 5.32 Å². The number of nitrogens with one attached hydrogen (secondary N) is 1. The molecule has 0 aromatic heterocycles. The second kappa shape index (κ2) is 4.24. The van der Waals surface area contributed by atoms with Crippen molar-refractivity contribution in [2.75, 3.05) is 13.1 Å². The maximum Gasteiger partial charge on any atom is 0.410 e. The Morgan fingerprint density at radius 1 is 1.38 bits per heavy atom. The zero-order valence-electron chi connectivity index (χ0n) is 10.5. The van der Waals surface area contributed by atoms with E-state index in [1.54, 1.807) is 0 Å². The summed E-state index contributed by atoms with van der Waals surface area (Å²) in [5.74, 6) is 0. The highest BCUT2D eigenvalue weighted by atomic mass is 16.6. The fourth-order valence-electron chi connectivity index (χ4n) is 2.37. The first kappa shape index (κ1) is 11.7. The average Bonchev–Trinajstić information content (AvgIpc) is 2.22. The lowest BCUT2D eigenvalue weighted by molar-refractivity contribution is 0.00511. The molecule has 4 nitrogen and oxygen atoms in total. The Morgan fingerprint density at radius 2 is 2.12 bits per heavy atom. The van der Waals surface area contributed by atoms with E-state index in [1.807, 2.05) is 25.7 Å². The van der Waals surface area contributed by atoms with Gasteiger partial charge in [-0.2, -0.15) is 0 Å². The molecule has 0 unspecified atom stereocenters. The molecule has 0 spiro atoms. The van der Waals surface area contributed by atoms with Gasteiger partial charge in [-0.3, -0.25) is 0 Å². The van der Waals surface area contributed by atoms with Crippen molar-refractivity contribution in [1.29, 1.82) is 0 Å². The first-order chi connectivity index (χ1) is 7.47. The van der Waals surface area contributed by atoms with Crippen LogP contribution in [0.25, 0.3) is 0 Å². The number of nitrogens with zero attached hydrogens (tertiary/aromatic N) is 1. The summed E-state index contributed by atoms with van der Waals surface area (Å²) in [7, 11) is 0. The second-order valence-corrected chi connectivity index (χ2v) is 5.75. The molecule has 2 heterocycles. The lowest BCUT2D eigenvalue weighted by Crippen LogP contribution is -2.65. The molecule has 2 saturated heterocycles. The fraction of sp³-hybridized carbons (Fsp3) is 0.917. The summed E-state index contributed by atoms with van der Waals surface area (Å²) in [4.78, 5) is 13.9. The summed E-state index contributed by atoms with van der Waals surface area (Å²) in [5, 5.41) is 3.39. The minimum absolute atomic E-state index is 0.147. The first-order valence-corrected chi connectivity index (χ1v) is 6.20. The number of amides is 1. The number of hydrogen-bond acceptors (Lipinski definition) is 3. The second-order valence-electron chi connectivity index (χ2n) is 5.75. The largest absolute Gasteiger partial charge is 0.444 e. The van der Waals surface area contributed by atoms with E-state index in [1.165, 1.54) is 12.8 Å². The molecule has 2 atom stereocenters. The van der Waals surface area contributed by atoms with Gasteiger partial charge in [0.1, 0.15) is 5.60 Å². The van der Waals surface area contributed by atoms with E-state index in [9.17, 15) is 4.79 Å². The Labute approximate surface area is 97.3 Å². The molecule has 2 aliphatic heterocycles. The molecule has 0 aliphatic carbocycles. The van der Waals surface area contributed by atoms with E-state index in [4.69, 9.17) is 4.74 Å². The standard InChI is InChI=1S/C12H22N2O2/c1-12(2,3)16-11(15)14-7-5-4-6-9-10(14)8-13-9/h9-10,13H,4-8H2,1-3H3/t9-,10-/m1/s1. The van der Waals surface area contributed by atoms with Gasteiger partial charge in [0, 0.05) is 19.1 Å². The molecule has 0 aromatic carbocycles. The van der Waals surface area contributed by atoms with Crippen molar-refractivity contribution in [3.63, 3.8) is 0 Å². The average molecular weight is 226 g/mol. The van der Waals surface area contributed by atoms with Crippen molar-refractivity contribution < 1.29 is 9.53 Å². The van der Waals surface area contributed by atoms with Gasteiger partial charge in [0.05, 0.1) is 6.04 Å². The van der Waals surface area contributed by atoms with Gasteiger partial charge in [0.15, 0.2) is 0 Å². The van der Waals surface area contributed by atoms with Gasteiger partial charge in [-0.05, 0) is 33.6 Å². The molecule has 4 heteroatoms. The number of carbonyl (C=O) groups is 1. The van der Waals surface area contributed by atoms with Crippen LogP contribution in [-0.2, 0) is 4.74 Å². The topological polar surface area (TPSA) is 41.6 Å². The molecule has 0 bridgehead atoms. The molecule has 2 fully saturated rings. The first-order valence-electron chi connectivity index (χ1n) is 6.20. The monoisotopic (exact) mass is 226 g/mol. The minimum atomic E-state index is -0.393. The number of carbonyl (C=O) groups excluding carboxylic acids is 1. The summed E-state index contributed by atoms with van der Waals surface area (Å²) in [6.07, 6.45) is 3.33. The Morgan fingerprint density at radius 3 is 2.69 bits per heavy atom. The van der Waals surface area contributed by atoms with Crippen molar-refractivity contribution in [1.82, 2.24) is 10.2 Å². The molecule has 0 aromatic rings. The van der Waals surface area contributed by atoms with Gasteiger partial charge in [-0.25, -0.2) is 4.79 Å². The van der Waals surface area contributed by atoms with Crippen LogP contribution >= 0.6 is 0 Å². The smallest absolute Gasteiger partial charge is 0.410 e. The number of rotatable bonds is 0. The molecule has 16 heavy (non-hydrogen) atoms. The number of fused-ring (bicyclic) bond motifs is 1. The zero-order chi connectivity index (χ0) is 11.8. The van der Waals surface area contributed by atoms with Crippen LogP contribution in [0.2, 0.25) is 0 Å². The van der Waals surface area contributed by atoms with Crippen molar-refractivity contribution in [2.24, 2.45) is 0 Å². The molecule has 2 aliphatic rings. The quantitative estimate of drug-likeness (QED) is 0.684. The minimum Gasteiger partial charge on any atom is -0.444 e. The van der Waals surface area contributed by atoms with Gasteiger partial charge in [0.2, 0.25) is 0 Å². The van der Waals surface area contributed by atoms with Gasteiger partial charge in [-0.15, -0.1) is 0 Å². The van der Waals surface area contributed by atoms with E-state index < -0.39 is 5.60 Å². The number of ether oxygens (including phenoxy) is 1. The van der Waals surface area contributed by atoms with Gasteiger partial charge >= 0.3 is 6.09 Å². The van der Waals surface area contributed by atoms with Crippen LogP contribution in [0.5, 0.6) is 0 Å². The van der Waals surface area contributed by atoms with E-state index >= 15 is 0 Å². The Hall–Kier alpha value is -0.770. The summed E-state index contributed by atoms with van der Waals surface area (Å²) in [6, 6.07) is 0.854. The van der Waals surface area contributed by atoms with Crippen LogP contribution in [-0.4, -0.2) is 41.8 Å². The third-order valence-electron chi connectivity index (χ3n) is 3.25. The van der Waals surface area contributed by atoms with Crippen molar-refractivity contribution >= 4 is 6.09 Å². The maximum absolute atomic E-state index is 12.0. The Balaban J connectivity index is 1.98.